The predicted molar refractivity (Wildman–Crippen MR) is 99.0 cm³/mol. The van der Waals surface area contributed by atoms with Crippen molar-refractivity contribution in [1.29, 1.82) is 5.26 Å². The van der Waals surface area contributed by atoms with E-state index in [4.69, 9.17) is 31.1 Å². The molecule has 0 atom stereocenters. The fourth-order valence-corrected chi connectivity index (χ4v) is 2.41. The van der Waals surface area contributed by atoms with Gasteiger partial charge in [-0.1, -0.05) is 29.8 Å². The van der Waals surface area contributed by atoms with Crippen LogP contribution in [0.2, 0.25) is 5.02 Å². The maximum absolute atomic E-state index is 11.7. The molecule has 0 saturated carbocycles. The highest BCUT2D eigenvalue weighted by Gasteiger charge is 2.11. The lowest BCUT2D eigenvalue weighted by Crippen LogP contribution is -2.06. The number of halogens is 1. The smallest absolute Gasteiger partial charge is 0.348 e. The Kier molecular flexibility index (Phi) is 7.07. The molecule has 134 valence electrons. The first-order chi connectivity index (χ1) is 12.6. The van der Waals surface area contributed by atoms with Crippen molar-refractivity contribution in [2.75, 3.05) is 13.7 Å². The van der Waals surface area contributed by atoms with E-state index in [9.17, 15) is 4.79 Å². The number of hydrogen-bond acceptors (Lipinski definition) is 5. The third-order valence-electron chi connectivity index (χ3n) is 3.40. The van der Waals surface area contributed by atoms with E-state index in [0.29, 0.717) is 28.7 Å². The van der Waals surface area contributed by atoms with E-state index in [-0.39, 0.29) is 12.2 Å². The van der Waals surface area contributed by atoms with Crippen LogP contribution in [0.3, 0.4) is 0 Å². The molecular formula is C20H18ClNO4. The van der Waals surface area contributed by atoms with Crippen LogP contribution in [0.1, 0.15) is 18.1 Å². The molecule has 0 spiro atoms. The summed E-state index contributed by atoms with van der Waals surface area (Å²) >= 11 is 5.97. The molecule has 0 saturated heterocycles. The number of esters is 1. The standard InChI is InChI=1S/C20H18ClNO4/c1-3-25-20(23)16(12-22)9-14-7-8-18(19(11-14)24-2)26-13-15-5-4-6-17(21)10-15/h4-11H,3,13H2,1-2H3/b16-9+. The number of rotatable bonds is 7. The normalized spacial score (nSPS) is 10.8. The number of nitrogens with zero attached hydrogens (tertiary/aromatic N) is 1. The van der Waals surface area contributed by atoms with E-state index >= 15 is 0 Å². The molecule has 5 nitrogen and oxygen atoms in total. The topological polar surface area (TPSA) is 68.6 Å². The average molecular weight is 372 g/mol. The lowest BCUT2D eigenvalue weighted by atomic mass is 10.1. The van der Waals surface area contributed by atoms with Crippen molar-refractivity contribution >= 4 is 23.6 Å². The summed E-state index contributed by atoms with van der Waals surface area (Å²) in [6.45, 7) is 2.22. The second kappa shape index (κ2) is 9.50. The van der Waals surface area contributed by atoms with Crippen LogP contribution in [0.4, 0.5) is 0 Å². The minimum absolute atomic E-state index is 0.0819. The Morgan fingerprint density at radius 3 is 2.69 bits per heavy atom. The molecule has 0 amide bonds. The monoisotopic (exact) mass is 371 g/mol. The van der Waals surface area contributed by atoms with E-state index < -0.39 is 5.97 Å². The lowest BCUT2D eigenvalue weighted by molar-refractivity contribution is -0.137. The van der Waals surface area contributed by atoms with E-state index in [2.05, 4.69) is 0 Å². The van der Waals surface area contributed by atoms with Gasteiger partial charge in [0.2, 0.25) is 0 Å². The van der Waals surface area contributed by atoms with E-state index in [1.807, 2.05) is 24.3 Å². The summed E-state index contributed by atoms with van der Waals surface area (Å²) in [6, 6.07) is 14.4. The van der Waals surface area contributed by atoms with Gasteiger partial charge in [-0.25, -0.2) is 4.79 Å². The minimum Gasteiger partial charge on any atom is -0.493 e. The molecule has 0 N–H and O–H groups in total. The summed E-state index contributed by atoms with van der Waals surface area (Å²) in [5.41, 5.74) is 1.47. The van der Waals surface area contributed by atoms with Crippen LogP contribution in [0.5, 0.6) is 11.5 Å². The van der Waals surface area contributed by atoms with Crippen molar-refractivity contribution in [2.24, 2.45) is 0 Å². The Morgan fingerprint density at radius 1 is 1.23 bits per heavy atom. The summed E-state index contributed by atoms with van der Waals surface area (Å²) in [6.07, 6.45) is 1.45. The largest absolute Gasteiger partial charge is 0.493 e. The van der Waals surface area contributed by atoms with E-state index in [1.165, 1.54) is 13.2 Å². The highest BCUT2D eigenvalue weighted by molar-refractivity contribution is 6.30. The van der Waals surface area contributed by atoms with Crippen LogP contribution in [0.15, 0.2) is 48.0 Å². The Labute approximate surface area is 157 Å². The number of carbonyl (C=O) groups excluding carboxylic acids is 1. The van der Waals surface area contributed by atoms with E-state index in [0.717, 1.165) is 5.56 Å². The molecule has 0 aliphatic rings. The first kappa shape index (κ1) is 19.4. The molecule has 0 fully saturated rings. The molecule has 0 aromatic heterocycles. The van der Waals surface area contributed by atoms with Gasteiger partial charge in [-0.05, 0) is 48.4 Å². The van der Waals surface area contributed by atoms with Gasteiger partial charge in [-0.15, -0.1) is 0 Å². The Morgan fingerprint density at radius 2 is 2.04 bits per heavy atom. The molecule has 0 aliphatic carbocycles. The Hall–Kier alpha value is -2.97. The third kappa shape index (κ3) is 5.27. The second-order valence-electron chi connectivity index (χ2n) is 5.22. The van der Waals surface area contributed by atoms with Crippen LogP contribution in [0.25, 0.3) is 6.08 Å². The zero-order valence-corrected chi connectivity index (χ0v) is 15.2. The van der Waals surface area contributed by atoms with Gasteiger partial charge in [0.15, 0.2) is 11.5 Å². The van der Waals surface area contributed by atoms with Gasteiger partial charge in [-0.2, -0.15) is 5.26 Å². The Bertz CT molecular complexity index is 855. The minimum atomic E-state index is -0.657. The predicted octanol–water partition coefficient (Wildman–Crippen LogP) is 4.40. The second-order valence-corrected chi connectivity index (χ2v) is 5.66. The van der Waals surface area contributed by atoms with Crippen molar-refractivity contribution < 1.29 is 19.0 Å². The number of hydrogen-bond donors (Lipinski definition) is 0. The summed E-state index contributed by atoms with van der Waals surface area (Å²) in [7, 11) is 1.52. The lowest BCUT2D eigenvalue weighted by Gasteiger charge is -2.12. The fourth-order valence-electron chi connectivity index (χ4n) is 2.19. The summed E-state index contributed by atoms with van der Waals surface area (Å²) in [5, 5.41) is 9.75. The molecular weight excluding hydrogens is 354 g/mol. The van der Waals surface area contributed by atoms with Gasteiger partial charge in [-0.3, -0.25) is 0 Å². The highest BCUT2D eigenvalue weighted by atomic mass is 35.5. The van der Waals surface area contributed by atoms with Gasteiger partial charge >= 0.3 is 5.97 Å². The number of benzene rings is 2. The number of ether oxygens (including phenoxy) is 3. The van der Waals surface area contributed by atoms with Crippen LogP contribution in [-0.4, -0.2) is 19.7 Å². The van der Waals surface area contributed by atoms with Gasteiger partial charge in [0.05, 0.1) is 13.7 Å². The number of methoxy groups -OCH3 is 1. The summed E-state index contributed by atoms with van der Waals surface area (Å²) in [4.78, 5) is 11.7. The van der Waals surface area contributed by atoms with Crippen LogP contribution in [0, 0.1) is 11.3 Å². The molecule has 0 unspecified atom stereocenters. The average Bonchev–Trinajstić information content (AvgIpc) is 2.65. The number of carbonyl (C=O) groups is 1. The quantitative estimate of drug-likeness (QED) is 0.410. The summed E-state index contributed by atoms with van der Waals surface area (Å²) in [5.74, 6) is 0.372. The zero-order valence-electron chi connectivity index (χ0n) is 14.5. The third-order valence-corrected chi connectivity index (χ3v) is 3.63. The van der Waals surface area contributed by atoms with Gasteiger partial charge in [0.25, 0.3) is 0 Å². The van der Waals surface area contributed by atoms with Crippen molar-refractivity contribution in [3.8, 4) is 17.6 Å². The summed E-state index contributed by atoms with van der Waals surface area (Å²) < 4.78 is 16.0. The first-order valence-corrected chi connectivity index (χ1v) is 8.29. The van der Waals surface area contributed by atoms with Crippen molar-refractivity contribution in [3.63, 3.8) is 0 Å². The van der Waals surface area contributed by atoms with Crippen molar-refractivity contribution in [2.45, 2.75) is 13.5 Å². The molecule has 26 heavy (non-hydrogen) atoms. The van der Waals surface area contributed by atoms with Crippen LogP contribution >= 0.6 is 11.6 Å². The highest BCUT2D eigenvalue weighted by Crippen LogP contribution is 2.30. The first-order valence-electron chi connectivity index (χ1n) is 7.91. The van der Waals surface area contributed by atoms with Crippen molar-refractivity contribution in [3.05, 3.63) is 64.2 Å². The van der Waals surface area contributed by atoms with Gasteiger partial charge < -0.3 is 14.2 Å². The maximum atomic E-state index is 11.7. The van der Waals surface area contributed by atoms with Crippen molar-refractivity contribution in [1.82, 2.24) is 0 Å². The van der Waals surface area contributed by atoms with Crippen LogP contribution < -0.4 is 9.47 Å². The zero-order chi connectivity index (χ0) is 18.9. The fraction of sp³-hybridized carbons (Fsp3) is 0.200. The molecule has 6 heteroatoms. The van der Waals surface area contributed by atoms with Gasteiger partial charge in [0.1, 0.15) is 18.2 Å². The van der Waals surface area contributed by atoms with E-state index in [1.54, 1.807) is 31.2 Å². The molecule has 0 heterocycles. The molecule has 0 aliphatic heterocycles. The SMILES string of the molecule is CCOC(=O)/C(C#N)=C/c1ccc(OCc2cccc(Cl)c2)c(OC)c1. The van der Waals surface area contributed by atoms with Gasteiger partial charge in [0, 0.05) is 5.02 Å². The number of nitriles is 1. The molecule has 0 bridgehead atoms. The maximum Gasteiger partial charge on any atom is 0.348 e. The Balaban J connectivity index is 2.18. The van der Waals surface area contributed by atoms with Crippen LogP contribution in [-0.2, 0) is 16.1 Å². The molecule has 2 aromatic rings. The molecule has 2 aromatic carbocycles. The molecule has 0 radical (unpaired) electrons. The molecule has 2 rings (SSSR count).